The Bertz CT molecular complexity index is 1010. The lowest BCUT2D eigenvalue weighted by Gasteiger charge is -2.32. The van der Waals surface area contributed by atoms with Crippen LogP contribution in [-0.2, 0) is 18.4 Å². The van der Waals surface area contributed by atoms with Crippen LogP contribution in [0.2, 0.25) is 0 Å². The van der Waals surface area contributed by atoms with E-state index < -0.39 is 0 Å². The molecule has 1 fully saturated rings. The van der Waals surface area contributed by atoms with E-state index in [2.05, 4.69) is 5.32 Å². The number of nitrogens with one attached hydrogen (secondary N) is 1. The number of thiophene rings is 1. The molecule has 1 N–H and O–H groups in total. The smallest absolute Gasteiger partial charge is 0.270 e. The van der Waals surface area contributed by atoms with E-state index >= 15 is 0 Å². The number of benzene rings is 1. The standard InChI is InChI=1S/C21H22FN3O2S/c1-24-17-8-10-28-19(17)11-18(24)21(27)25-9-2-3-15(13-25)20(26)23-12-14-4-6-16(22)7-5-14/h4-8,10-11,15H,2-3,9,12-13H2,1H3,(H,23,26). The van der Waals surface area contributed by atoms with Gasteiger partial charge in [0.1, 0.15) is 11.5 Å². The van der Waals surface area contributed by atoms with Gasteiger partial charge in [0.15, 0.2) is 0 Å². The number of hydrogen-bond donors (Lipinski definition) is 1. The van der Waals surface area contributed by atoms with Crippen LogP contribution in [0, 0.1) is 11.7 Å². The van der Waals surface area contributed by atoms with Crippen molar-refractivity contribution in [2.24, 2.45) is 13.0 Å². The van der Waals surface area contributed by atoms with E-state index in [0.717, 1.165) is 28.6 Å². The number of carbonyl (C=O) groups is 2. The van der Waals surface area contributed by atoms with E-state index in [-0.39, 0.29) is 23.5 Å². The van der Waals surface area contributed by atoms with Gasteiger partial charge in [0.2, 0.25) is 5.91 Å². The molecule has 146 valence electrons. The molecule has 0 saturated carbocycles. The minimum Gasteiger partial charge on any atom is -0.352 e. The van der Waals surface area contributed by atoms with Crippen LogP contribution >= 0.6 is 11.3 Å². The first-order valence-electron chi connectivity index (χ1n) is 9.37. The van der Waals surface area contributed by atoms with Crippen LogP contribution in [0.3, 0.4) is 0 Å². The summed E-state index contributed by atoms with van der Waals surface area (Å²) in [4.78, 5) is 27.4. The largest absolute Gasteiger partial charge is 0.352 e. The highest BCUT2D eigenvalue weighted by Crippen LogP contribution is 2.26. The zero-order chi connectivity index (χ0) is 19.7. The third kappa shape index (κ3) is 3.67. The van der Waals surface area contributed by atoms with E-state index in [4.69, 9.17) is 0 Å². The maximum Gasteiger partial charge on any atom is 0.270 e. The molecule has 2 aromatic heterocycles. The first kappa shape index (κ1) is 18.7. The zero-order valence-electron chi connectivity index (χ0n) is 15.7. The van der Waals surface area contributed by atoms with Crippen LogP contribution in [0.1, 0.15) is 28.9 Å². The number of nitrogens with zero attached hydrogens (tertiary/aromatic N) is 2. The number of halogens is 1. The lowest BCUT2D eigenvalue weighted by Crippen LogP contribution is -2.45. The van der Waals surface area contributed by atoms with Crippen LogP contribution in [0.5, 0.6) is 0 Å². The Morgan fingerprint density at radius 2 is 2.04 bits per heavy atom. The van der Waals surface area contributed by atoms with Crippen molar-refractivity contribution in [1.82, 2.24) is 14.8 Å². The minimum absolute atomic E-state index is 0.0260. The van der Waals surface area contributed by atoms with Crippen LogP contribution < -0.4 is 5.32 Å². The Labute approximate surface area is 166 Å². The number of likely N-dealkylation sites (tertiary alicyclic amines) is 1. The summed E-state index contributed by atoms with van der Waals surface area (Å²) in [5, 5.41) is 4.93. The van der Waals surface area contributed by atoms with E-state index in [0.29, 0.717) is 25.3 Å². The molecule has 0 bridgehead atoms. The van der Waals surface area contributed by atoms with Crippen molar-refractivity contribution < 1.29 is 14.0 Å². The summed E-state index contributed by atoms with van der Waals surface area (Å²) in [5.41, 5.74) is 2.57. The van der Waals surface area contributed by atoms with Gasteiger partial charge in [-0.2, -0.15) is 0 Å². The molecule has 0 spiro atoms. The molecule has 28 heavy (non-hydrogen) atoms. The maximum atomic E-state index is 13.0. The fraction of sp³-hybridized carbons (Fsp3) is 0.333. The van der Waals surface area contributed by atoms with Gasteiger partial charge < -0.3 is 14.8 Å². The summed E-state index contributed by atoms with van der Waals surface area (Å²) in [7, 11) is 1.90. The van der Waals surface area contributed by atoms with Gasteiger partial charge in [-0.3, -0.25) is 9.59 Å². The molecule has 1 atom stereocenters. The minimum atomic E-state index is -0.294. The highest BCUT2D eigenvalue weighted by molar-refractivity contribution is 7.17. The SMILES string of the molecule is Cn1c(C(=O)N2CCCC(C(=O)NCc3ccc(F)cc3)C2)cc2sccc21. The van der Waals surface area contributed by atoms with Crippen molar-refractivity contribution in [3.63, 3.8) is 0 Å². The molecule has 5 nitrogen and oxygen atoms in total. The molecule has 2 amide bonds. The van der Waals surface area contributed by atoms with Crippen LogP contribution in [0.25, 0.3) is 10.2 Å². The first-order valence-corrected chi connectivity index (χ1v) is 10.3. The number of rotatable bonds is 4. The van der Waals surface area contributed by atoms with Gasteiger partial charge in [-0.15, -0.1) is 11.3 Å². The van der Waals surface area contributed by atoms with Gasteiger partial charge in [-0.25, -0.2) is 4.39 Å². The number of carbonyl (C=O) groups excluding carboxylic acids is 2. The molecular weight excluding hydrogens is 377 g/mol. The molecule has 7 heteroatoms. The molecular formula is C21H22FN3O2S. The number of fused-ring (bicyclic) bond motifs is 1. The second-order valence-corrected chi connectivity index (χ2v) is 8.14. The number of aryl methyl sites for hydroxylation is 1. The molecule has 4 rings (SSSR count). The van der Waals surface area contributed by atoms with Crippen LogP contribution in [-0.4, -0.2) is 34.4 Å². The second kappa shape index (κ2) is 7.75. The Morgan fingerprint density at radius 3 is 2.79 bits per heavy atom. The number of hydrogen-bond acceptors (Lipinski definition) is 3. The van der Waals surface area contributed by atoms with Crippen molar-refractivity contribution in [1.29, 1.82) is 0 Å². The third-order valence-corrected chi connectivity index (χ3v) is 6.20. The lowest BCUT2D eigenvalue weighted by molar-refractivity contribution is -0.126. The monoisotopic (exact) mass is 399 g/mol. The van der Waals surface area contributed by atoms with E-state index in [1.807, 2.05) is 29.1 Å². The summed E-state index contributed by atoms with van der Waals surface area (Å²) in [6.45, 7) is 1.45. The molecule has 3 aromatic rings. The van der Waals surface area contributed by atoms with Crippen molar-refractivity contribution in [2.45, 2.75) is 19.4 Å². The van der Waals surface area contributed by atoms with Gasteiger partial charge in [-0.1, -0.05) is 12.1 Å². The molecule has 1 aromatic carbocycles. The Kier molecular flexibility index (Phi) is 5.17. The quantitative estimate of drug-likeness (QED) is 0.730. The normalized spacial score (nSPS) is 17.1. The summed E-state index contributed by atoms with van der Waals surface area (Å²) < 4.78 is 16.0. The average molecular weight is 399 g/mol. The van der Waals surface area contributed by atoms with Gasteiger partial charge in [0.05, 0.1) is 16.1 Å². The van der Waals surface area contributed by atoms with Gasteiger partial charge in [-0.05, 0) is 48.1 Å². The highest BCUT2D eigenvalue weighted by atomic mass is 32.1. The molecule has 1 unspecified atom stereocenters. The van der Waals surface area contributed by atoms with E-state index in [1.165, 1.54) is 12.1 Å². The van der Waals surface area contributed by atoms with Gasteiger partial charge in [0.25, 0.3) is 5.91 Å². The fourth-order valence-electron chi connectivity index (χ4n) is 3.73. The molecule has 0 aliphatic carbocycles. The van der Waals surface area contributed by atoms with Crippen molar-refractivity contribution in [2.75, 3.05) is 13.1 Å². The summed E-state index contributed by atoms with van der Waals surface area (Å²) in [6.07, 6.45) is 1.57. The predicted molar refractivity (Wildman–Crippen MR) is 108 cm³/mol. The number of amides is 2. The van der Waals surface area contributed by atoms with E-state index in [1.54, 1.807) is 28.4 Å². The zero-order valence-corrected chi connectivity index (χ0v) is 16.5. The summed E-state index contributed by atoms with van der Waals surface area (Å²) in [5.74, 6) is -0.604. The van der Waals surface area contributed by atoms with Crippen molar-refractivity contribution in [3.05, 3.63) is 58.9 Å². The third-order valence-electron chi connectivity index (χ3n) is 5.34. The Hall–Kier alpha value is -2.67. The summed E-state index contributed by atoms with van der Waals surface area (Å²) in [6, 6.07) is 10.0. The van der Waals surface area contributed by atoms with Crippen LogP contribution in [0.15, 0.2) is 41.8 Å². The molecule has 1 aliphatic heterocycles. The second-order valence-electron chi connectivity index (χ2n) is 7.19. The van der Waals surface area contributed by atoms with Crippen LogP contribution in [0.4, 0.5) is 4.39 Å². The van der Waals surface area contributed by atoms with E-state index in [9.17, 15) is 14.0 Å². The van der Waals surface area contributed by atoms with Gasteiger partial charge >= 0.3 is 0 Å². The fourth-order valence-corrected chi connectivity index (χ4v) is 4.58. The summed E-state index contributed by atoms with van der Waals surface area (Å²) >= 11 is 1.62. The average Bonchev–Trinajstić information content (AvgIpc) is 3.30. The Balaban J connectivity index is 1.39. The number of piperidine rings is 1. The molecule has 3 heterocycles. The van der Waals surface area contributed by atoms with Crippen molar-refractivity contribution >= 4 is 33.4 Å². The topological polar surface area (TPSA) is 54.3 Å². The van der Waals surface area contributed by atoms with Gasteiger partial charge in [0, 0.05) is 26.7 Å². The Morgan fingerprint density at radius 1 is 1.25 bits per heavy atom. The highest BCUT2D eigenvalue weighted by Gasteiger charge is 2.30. The first-order chi connectivity index (χ1) is 13.5. The maximum absolute atomic E-state index is 13.0. The molecule has 1 aliphatic rings. The lowest BCUT2D eigenvalue weighted by atomic mass is 9.96. The number of aromatic nitrogens is 1. The molecule has 1 saturated heterocycles. The molecule has 0 radical (unpaired) electrons. The van der Waals surface area contributed by atoms with Crippen molar-refractivity contribution in [3.8, 4) is 0 Å². The predicted octanol–water partition coefficient (Wildman–Crippen LogP) is 3.55.